The summed E-state index contributed by atoms with van der Waals surface area (Å²) in [6.07, 6.45) is 1.61. The number of hydrogen-bond acceptors (Lipinski definition) is 3. The van der Waals surface area contributed by atoms with Gasteiger partial charge in [0.1, 0.15) is 0 Å². The summed E-state index contributed by atoms with van der Waals surface area (Å²) in [6.45, 7) is 1.46. The Morgan fingerprint density at radius 1 is 1.30 bits per heavy atom. The van der Waals surface area contributed by atoms with E-state index in [1.165, 1.54) is 5.56 Å². The van der Waals surface area contributed by atoms with Crippen LogP contribution in [0.4, 0.5) is 0 Å². The van der Waals surface area contributed by atoms with E-state index in [4.69, 9.17) is 5.73 Å². The molecule has 0 heterocycles. The van der Waals surface area contributed by atoms with Crippen molar-refractivity contribution in [1.29, 1.82) is 0 Å². The van der Waals surface area contributed by atoms with Crippen molar-refractivity contribution < 1.29 is 4.79 Å². The van der Waals surface area contributed by atoms with E-state index in [1.807, 2.05) is 26.2 Å². The van der Waals surface area contributed by atoms with Crippen LogP contribution in [0, 0.1) is 0 Å². The highest BCUT2D eigenvalue weighted by Gasteiger charge is 2.45. The molecule has 1 aliphatic rings. The number of nitrogens with zero attached hydrogens (tertiary/aromatic N) is 1. The summed E-state index contributed by atoms with van der Waals surface area (Å²) in [7, 11) is 4.08. The average Bonchev–Trinajstić information content (AvgIpc) is 3.05. The number of benzene rings is 1. The molecule has 0 aliphatic heterocycles. The Morgan fingerprint density at radius 3 is 2.45 bits per heavy atom. The summed E-state index contributed by atoms with van der Waals surface area (Å²) >= 11 is 0. The van der Waals surface area contributed by atoms with Gasteiger partial charge in [0, 0.05) is 13.1 Å². The van der Waals surface area contributed by atoms with Crippen molar-refractivity contribution >= 4 is 30.7 Å². The molecule has 6 heteroatoms. The molecule has 0 saturated heterocycles. The number of rotatable bonds is 5. The minimum absolute atomic E-state index is 0. The van der Waals surface area contributed by atoms with E-state index in [9.17, 15) is 4.79 Å². The lowest BCUT2D eigenvalue weighted by atomic mass is 10.1. The molecule has 0 atom stereocenters. The summed E-state index contributed by atoms with van der Waals surface area (Å²) in [5, 5.41) is 2.90. The summed E-state index contributed by atoms with van der Waals surface area (Å²) in [5.41, 5.74) is 7.62. The molecule has 4 nitrogen and oxygen atoms in total. The Balaban J connectivity index is 0.00000180. The minimum atomic E-state index is -0.582. The molecule has 1 fully saturated rings. The first-order valence-corrected chi connectivity index (χ1v) is 6.29. The number of amides is 1. The Bertz CT molecular complexity index is 448. The molecular weight excluding hydrogens is 297 g/mol. The van der Waals surface area contributed by atoms with Crippen LogP contribution < -0.4 is 11.1 Å². The molecule has 2 rings (SSSR count). The monoisotopic (exact) mass is 319 g/mol. The second-order valence-electron chi connectivity index (χ2n) is 5.40. The number of nitrogens with two attached hydrogens (primary N) is 1. The van der Waals surface area contributed by atoms with Crippen molar-refractivity contribution in [2.75, 3.05) is 14.1 Å². The van der Waals surface area contributed by atoms with Gasteiger partial charge in [-0.25, -0.2) is 0 Å². The highest BCUT2D eigenvalue weighted by molar-refractivity contribution is 5.88. The normalized spacial score (nSPS) is 15.0. The average molecular weight is 320 g/mol. The van der Waals surface area contributed by atoms with Crippen LogP contribution in [-0.4, -0.2) is 30.4 Å². The number of hydrogen-bond donors (Lipinski definition) is 2. The largest absolute Gasteiger partial charge is 0.350 e. The first-order chi connectivity index (χ1) is 8.49. The Morgan fingerprint density at radius 2 is 1.90 bits per heavy atom. The lowest BCUT2D eigenvalue weighted by molar-refractivity contribution is -0.123. The number of halogens is 2. The summed E-state index contributed by atoms with van der Waals surface area (Å²) in [5.74, 6) is -0.0273. The number of carbonyl (C=O) groups is 1. The van der Waals surface area contributed by atoms with Crippen molar-refractivity contribution in [2.24, 2.45) is 5.73 Å². The molecule has 1 amide bonds. The van der Waals surface area contributed by atoms with Gasteiger partial charge >= 0.3 is 0 Å². The third-order valence-electron chi connectivity index (χ3n) is 3.18. The van der Waals surface area contributed by atoms with Crippen LogP contribution in [0.15, 0.2) is 24.3 Å². The van der Waals surface area contributed by atoms with Crippen molar-refractivity contribution in [3.05, 3.63) is 35.4 Å². The van der Waals surface area contributed by atoms with Crippen LogP contribution in [0.1, 0.15) is 24.0 Å². The molecule has 0 unspecified atom stereocenters. The van der Waals surface area contributed by atoms with E-state index in [1.54, 1.807) is 0 Å². The van der Waals surface area contributed by atoms with Crippen LogP contribution in [-0.2, 0) is 17.9 Å². The van der Waals surface area contributed by atoms with E-state index in [0.717, 1.165) is 24.9 Å². The second-order valence-corrected chi connectivity index (χ2v) is 5.40. The zero-order valence-corrected chi connectivity index (χ0v) is 13.5. The third kappa shape index (κ3) is 5.29. The van der Waals surface area contributed by atoms with E-state index in [0.29, 0.717) is 6.54 Å². The fourth-order valence-corrected chi connectivity index (χ4v) is 1.92. The fourth-order valence-electron chi connectivity index (χ4n) is 1.92. The molecule has 3 N–H and O–H groups in total. The Labute approximate surface area is 132 Å². The Hall–Kier alpha value is -0.810. The van der Waals surface area contributed by atoms with E-state index in [-0.39, 0.29) is 30.7 Å². The molecule has 0 spiro atoms. The molecular formula is C14H23Cl2N3O. The van der Waals surface area contributed by atoms with Gasteiger partial charge in [0.15, 0.2) is 0 Å². The highest BCUT2D eigenvalue weighted by Crippen LogP contribution is 2.32. The van der Waals surface area contributed by atoms with Gasteiger partial charge in [0.2, 0.25) is 5.91 Å². The quantitative estimate of drug-likeness (QED) is 0.868. The van der Waals surface area contributed by atoms with Gasteiger partial charge < -0.3 is 16.0 Å². The van der Waals surface area contributed by atoms with Gasteiger partial charge in [-0.3, -0.25) is 4.79 Å². The maximum absolute atomic E-state index is 11.7. The van der Waals surface area contributed by atoms with E-state index in [2.05, 4.69) is 22.3 Å². The van der Waals surface area contributed by atoms with Crippen molar-refractivity contribution in [3.8, 4) is 0 Å². The molecule has 0 aromatic heterocycles. The van der Waals surface area contributed by atoms with Crippen molar-refractivity contribution in [2.45, 2.75) is 31.5 Å². The van der Waals surface area contributed by atoms with Crippen LogP contribution >= 0.6 is 24.8 Å². The third-order valence-corrected chi connectivity index (χ3v) is 3.18. The minimum Gasteiger partial charge on any atom is -0.350 e. The second kappa shape index (κ2) is 7.84. The first kappa shape index (κ1) is 19.2. The maximum Gasteiger partial charge on any atom is 0.240 e. The van der Waals surface area contributed by atoms with Crippen LogP contribution in [0.2, 0.25) is 0 Å². The first-order valence-electron chi connectivity index (χ1n) is 6.29. The molecule has 20 heavy (non-hydrogen) atoms. The maximum atomic E-state index is 11.7. The van der Waals surface area contributed by atoms with Crippen molar-refractivity contribution in [3.63, 3.8) is 0 Å². The number of nitrogens with one attached hydrogen (secondary N) is 1. The summed E-state index contributed by atoms with van der Waals surface area (Å²) in [4.78, 5) is 13.8. The van der Waals surface area contributed by atoms with Crippen LogP contribution in [0.25, 0.3) is 0 Å². The molecule has 0 radical (unpaired) electrons. The van der Waals surface area contributed by atoms with E-state index >= 15 is 0 Å². The molecule has 1 aromatic carbocycles. The van der Waals surface area contributed by atoms with Gasteiger partial charge in [-0.15, -0.1) is 24.8 Å². The zero-order valence-electron chi connectivity index (χ0n) is 11.9. The summed E-state index contributed by atoms with van der Waals surface area (Å²) < 4.78 is 0. The zero-order chi connectivity index (χ0) is 13.2. The van der Waals surface area contributed by atoms with Gasteiger partial charge in [-0.2, -0.15) is 0 Å². The van der Waals surface area contributed by atoms with Gasteiger partial charge in [0.25, 0.3) is 0 Å². The molecule has 0 bridgehead atoms. The predicted molar refractivity (Wildman–Crippen MR) is 86.3 cm³/mol. The standard InChI is InChI=1S/C14H21N3O.2ClH/c1-17(2)10-12-5-3-4-11(8-12)9-16-13(18)14(15)6-7-14;;/h3-5,8H,6-7,9-10,15H2,1-2H3,(H,16,18);2*1H. The topological polar surface area (TPSA) is 58.4 Å². The predicted octanol–water partition coefficient (Wildman–Crippen LogP) is 1.70. The van der Waals surface area contributed by atoms with Gasteiger partial charge in [-0.1, -0.05) is 24.3 Å². The number of carbonyl (C=O) groups excluding carboxylic acids is 1. The molecule has 1 aliphatic carbocycles. The van der Waals surface area contributed by atoms with E-state index < -0.39 is 5.54 Å². The van der Waals surface area contributed by atoms with Gasteiger partial charge in [-0.05, 0) is 38.1 Å². The highest BCUT2D eigenvalue weighted by atomic mass is 35.5. The lowest BCUT2D eigenvalue weighted by Gasteiger charge is -2.12. The molecule has 1 aromatic rings. The van der Waals surface area contributed by atoms with Gasteiger partial charge in [0.05, 0.1) is 5.54 Å². The van der Waals surface area contributed by atoms with Crippen molar-refractivity contribution in [1.82, 2.24) is 10.2 Å². The summed E-state index contributed by atoms with van der Waals surface area (Å²) in [6, 6.07) is 8.26. The SMILES string of the molecule is CN(C)Cc1cccc(CNC(=O)C2(N)CC2)c1.Cl.Cl. The lowest BCUT2D eigenvalue weighted by Crippen LogP contribution is -2.42. The molecule has 114 valence electrons. The Kier molecular flexibility index (Phi) is 7.52. The van der Waals surface area contributed by atoms with Crippen LogP contribution in [0.5, 0.6) is 0 Å². The smallest absolute Gasteiger partial charge is 0.240 e. The molecule has 1 saturated carbocycles. The fraction of sp³-hybridized carbons (Fsp3) is 0.500. The van der Waals surface area contributed by atoms with Crippen LogP contribution in [0.3, 0.4) is 0 Å².